The van der Waals surface area contributed by atoms with Crippen molar-refractivity contribution >= 4 is 17.4 Å². The monoisotopic (exact) mass is 227 g/mol. The third-order valence-corrected chi connectivity index (χ3v) is 2.83. The number of anilines is 1. The Bertz CT molecular complexity index is 305. The van der Waals surface area contributed by atoms with E-state index < -0.39 is 0 Å². The molecular formula is C11H18ClN3. The molecule has 3 nitrogen and oxygen atoms in total. The second-order valence-electron chi connectivity index (χ2n) is 4.08. The van der Waals surface area contributed by atoms with Crippen molar-refractivity contribution in [2.45, 2.75) is 33.1 Å². The highest BCUT2D eigenvalue weighted by Crippen LogP contribution is 2.11. The summed E-state index contributed by atoms with van der Waals surface area (Å²) in [5.41, 5.74) is 0.973. The molecule has 0 saturated carbocycles. The van der Waals surface area contributed by atoms with Gasteiger partial charge >= 0.3 is 0 Å². The molecule has 84 valence electrons. The predicted octanol–water partition coefficient (Wildman–Crippen LogP) is 2.77. The van der Waals surface area contributed by atoms with Crippen LogP contribution in [0, 0.1) is 19.8 Å². The summed E-state index contributed by atoms with van der Waals surface area (Å²) < 4.78 is 0. The molecule has 0 aliphatic heterocycles. The van der Waals surface area contributed by atoms with Crippen molar-refractivity contribution < 1.29 is 0 Å². The number of nitrogens with one attached hydrogen (secondary N) is 1. The third-order valence-electron chi connectivity index (χ3n) is 2.17. The van der Waals surface area contributed by atoms with E-state index in [0.717, 1.165) is 23.9 Å². The Morgan fingerprint density at radius 3 is 2.53 bits per heavy atom. The number of hydrogen-bond donors (Lipinski definition) is 1. The molecule has 1 aromatic rings. The van der Waals surface area contributed by atoms with E-state index in [-0.39, 0.29) is 5.38 Å². The highest BCUT2D eigenvalue weighted by Gasteiger charge is 2.09. The Kier molecular flexibility index (Phi) is 4.33. The quantitative estimate of drug-likeness (QED) is 0.804. The van der Waals surface area contributed by atoms with Gasteiger partial charge in [0.05, 0.1) is 5.38 Å². The lowest BCUT2D eigenvalue weighted by Gasteiger charge is -2.14. The van der Waals surface area contributed by atoms with E-state index in [1.807, 2.05) is 19.9 Å². The highest BCUT2D eigenvalue weighted by molar-refractivity contribution is 6.21. The maximum atomic E-state index is 6.14. The van der Waals surface area contributed by atoms with Gasteiger partial charge in [-0.2, -0.15) is 0 Å². The smallest absolute Gasteiger partial charge is 0.129 e. The van der Waals surface area contributed by atoms with Gasteiger partial charge in [-0.05, 0) is 19.8 Å². The Morgan fingerprint density at radius 1 is 1.33 bits per heavy atom. The number of aromatic nitrogens is 2. The molecule has 0 saturated heterocycles. The van der Waals surface area contributed by atoms with Gasteiger partial charge in [-0.3, -0.25) is 0 Å². The molecule has 1 heterocycles. The van der Waals surface area contributed by atoms with E-state index in [1.165, 1.54) is 0 Å². The van der Waals surface area contributed by atoms with Crippen LogP contribution in [0.4, 0.5) is 5.82 Å². The Hall–Kier alpha value is -0.830. The molecule has 0 aromatic carbocycles. The van der Waals surface area contributed by atoms with Crippen LogP contribution in [0.15, 0.2) is 6.07 Å². The average molecular weight is 228 g/mol. The topological polar surface area (TPSA) is 37.8 Å². The maximum Gasteiger partial charge on any atom is 0.129 e. The molecule has 1 unspecified atom stereocenters. The number of hydrogen-bond acceptors (Lipinski definition) is 3. The first-order valence-electron chi connectivity index (χ1n) is 5.19. The van der Waals surface area contributed by atoms with Gasteiger partial charge in [-0.1, -0.05) is 13.8 Å². The number of alkyl halides is 1. The number of halogens is 1. The number of aryl methyl sites for hydroxylation is 2. The van der Waals surface area contributed by atoms with Crippen LogP contribution in [0.2, 0.25) is 0 Å². The minimum atomic E-state index is 0.126. The molecule has 0 spiro atoms. The van der Waals surface area contributed by atoms with Gasteiger partial charge in [0.2, 0.25) is 0 Å². The van der Waals surface area contributed by atoms with Crippen LogP contribution < -0.4 is 5.32 Å². The largest absolute Gasteiger partial charge is 0.368 e. The SMILES string of the molecule is Cc1cc(NCC(Cl)C(C)C)nc(C)n1. The summed E-state index contributed by atoms with van der Waals surface area (Å²) in [6.07, 6.45) is 0. The zero-order chi connectivity index (χ0) is 11.4. The molecule has 1 aromatic heterocycles. The van der Waals surface area contributed by atoms with E-state index in [1.54, 1.807) is 0 Å². The molecule has 4 heteroatoms. The molecule has 1 rings (SSSR count). The van der Waals surface area contributed by atoms with Crippen LogP contribution >= 0.6 is 11.6 Å². The molecule has 0 bridgehead atoms. The van der Waals surface area contributed by atoms with Gasteiger partial charge < -0.3 is 5.32 Å². The van der Waals surface area contributed by atoms with Crippen molar-refractivity contribution in [3.8, 4) is 0 Å². The first-order chi connectivity index (χ1) is 6.99. The lowest BCUT2D eigenvalue weighted by Crippen LogP contribution is -2.20. The van der Waals surface area contributed by atoms with E-state index in [2.05, 4.69) is 29.1 Å². The standard InChI is InChI=1S/C11H18ClN3/c1-7(2)10(12)6-13-11-5-8(3)14-9(4)15-11/h5,7,10H,6H2,1-4H3,(H,13,14,15). The van der Waals surface area contributed by atoms with Crippen molar-refractivity contribution in [1.29, 1.82) is 0 Å². The van der Waals surface area contributed by atoms with Crippen LogP contribution in [0.3, 0.4) is 0 Å². The Morgan fingerprint density at radius 2 is 2.00 bits per heavy atom. The fourth-order valence-electron chi connectivity index (χ4n) is 1.25. The minimum absolute atomic E-state index is 0.126. The summed E-state index contributed by atoms with van der Waals surface area (Å²) in [5, 5.41) is 3.35. The number of nitrogens with zero attached hydrogens (tertiary/aromatic N) is 2. The van der Waals surface area contributed by atoms with Gasteiger partial charge in [-0.25, -0.2) is 9.97 Å². The van der Waals surface area contributed by atoms with Crippen molar-refractivity contribution in [3.05, 3.63) is 17.6 Å². The van der Waals surface area contributed by atoms with Crippen LogP contribution in [-0.2, 0) is 0 Å². The Balaban J connectivity index is 2.57. The molecule has 1 N–H and O–H groups in total. The molecule has 0 radical (unpaired) electrons. The molecule has 0 fully saturated rings. The third kappa shape index (κ3) is 4.04. The fourth-order valence-corrected chi connectivity index (χ4v) is 1.32. The lowest BCUT2D eigenvalue weighted by molar-refractivity contribution is 0.615. The van der Waals surface area contributed by atoms with Crippen molar-refractivity contribution in [2.24, 2.45) is 5.92 Å². The second-order valence-corrected chi connectivity index (χ2v) is 4.64. The molecule has 15 heavy (non-hydrogen) atoms. The number of rotatable bonds is 4. The van der Waals surface area contributed by atoms with Crippen molar-refractivity contribution in [2.75, 3.05) is 11.9 Å². The first-order valence-corrected chi connectivity index (χ1v) is 5.63. The highest BCUT2D eigenvalue weighted by atomic mass is 35.5. The van der Waals surface area contributed by atoms with Gasteiger partial charge in [0.1, 0.15) is 11.6 Å². The molecular weight excluding hydrogens is 210 g/mol. The first kappa shape index (κ1) is 12.2. The fraction of sp³-hybridized carbons (Fsp3) is 0.636. The molecule has 0 aliphatic carbocycles. The molecule has 0 amide bonds. The average Bonchev–Trinajstić information content (AvgIpc) is 2.12. The van der Waals surface area contributed by atoms with E-state index in [0.29, 0.717) is 5.92 Å². The van der Waals surface area contributed by atoms with Gasteiger partial charge in [0.15, 0.2) is 0 Å². The summed E-state index contributed by atoms with van der Waals surface area (Å²) in [6, 6.07) is 1.93. The summed E-state index contributed by atoms with van der Waals surface area (Å²) >= 11 is 6.14. The lowest BCUT2D eigenvalue weighted by atomic mass is 10.1. The summed E-state index contributed by atoms with van der Waals surface area (Å²) in [7, 11) is 0. The van der Waals surface area contributed by atoms with Crippen LogP contribution in [0.1, 0.15) is 25.4 Å². The van der Waals surface area contributed by atoms with Crippen LogP contribution in [0.25, 0.3) is 0 Å². The zero-order valence-electron chi connectivity index (χ0n) is 9.71. The van der Waals surface area contributed by atoms with Gasteiger partial charge in [-0.15, -0.1) is 11.6 Å². The normalized spacial score (nSPS) is 12.9. The van der Waals surface area contributed by atoms with E-state index >= 15 is 0 Å². The van der Waals surface area contributed by atoms with Crippen LogP contribution in [0.5, 0.6) is 0 Å². The van der Waals surface area contributed by atoms with E-state index in [9.17, 15) is 0 Å². The van der Waals surface area contributed by atoms with Gasteiger partial charge in [0.25, 0.3) is 0 Å². The predicted molar refractivity (Wildman–Crippen MR) is 64.5 cm³/mol. The zero-order valence-corrected chi connectivity index (χ0v) is 10.5. The van der Waals surface area contributed by atoms with Crippen molar-refractivity contribution in [1.82, 2.24) is 9.97 Å². The second kappa shape index (κ2) is 5.31. The molecule has 0 aliphatic rings. The van der Waals surface area contributed by atoms with Gasteiger partial charge in [0, 0.05) is 18.3 Å². The van der Waals surface area contributed by atoms with Crippen LogP contribution in [-0.4, -0.2) is 21.9 Å². The summed E-state index contributed by atoms with van der Waals surface area (Å²) in [4.78, 5) is 8.50. The minimum Gasteiger partial charge on any atom is -0.368 e. The van der Waals surface area contributed by atoms with E-state index in [4.69, 9.17) is 11.6 Å². The Labute approximate surface area is 96.3 Å². The summed E-state index contributed by atoms with van der Waals surface area (Å²) in [6.45, 7) is 8.79. The maximum absolute atomic E-state index is 6.14. The molecule has 1 atom stereocenters. The summed E-state index contributed by atoms with van der Waals surface area (Å²) in [5.74, 6) is 2.10. The van der Waals surface area contributed by atoms with Crippen molar-refractivity contribution in [3.63, 3.8) is 0 Å².